The number of carbonyl (C=O) groups is 1. The van der Waals surface area contributed by atoms with Gasteiger partial charge in [-0.1, -0.05) is 45.2 Å². The fourth-order valence-electron chi connectivity index (χ4n) is 4.04. The van der Waals surface area contributed by atoms with Crippen molar-refractivity contribution in [2.45, 2.75) is 58.8 Å². The van der Waals surface area contributed by atoms with Crippen molar-refractivity contribution in [2.75, 3.05) is 11.9 Å². The van der Waals surface area contributed by atoms with Crippen molar-refractivity contribution in [3.8, 4) is 16.9 Å². The van der Waals surface area contributed by atoms with E-state index in [1.165, 1.54) is 32.1 Å². The molecule has 0 atom stereocenters. The number of aromatic nitrogens is 3. The maximum Gasteiger partial charge on any atom is 0.249 e. The van der Waals surface area contributed by atoms with E-state index >= 15 is 0 Å². The predicted octanol–water partition coefficient (Wildman–Crippen LogP) is 5.73. The molecular weight excluding hydrogens is 388 g/mol. The summed E-state index contributed by atoms with van der Waals surface area (Å²) in [6, 6.07) is 12.1. The minimum absolute atomic E-state index is 0.0157. The highest BCUT2D eigenvalue weighted by atomic mass is 16.5. The normalized spacial score (nSPS) is 16.5. The number of nitrogens with zero attached hydrogens (tertiary/aromatic N) is 3. The molecule has 6 nitrogen and oxygen atoms in total. The first-order valence-corrected chi connectivity index (χ1v) is 11.7. The van der Waals surface area contributed by atoms with Crippen molar-refractivity contribution in [3.05, 3.63) is 42.6 Å². The number of nitrogens with one attached hydrogen (secondary N) is 1. The number of amides is 1. The zero-order valence-electron chi connectivity index (χ0n) is 18.5. The van der Waals surface area contributed by atoms with Gasteiger partial charge >= 0.3 is 0 Å². The molecule has 2 aromatic heterocycles. The van der Waals surface area contributed by atoms with Gasteiger partial charge in [-0.2, -0.15) is 4.98 Å². The third kappa shape index (κ3) is 5.24. The lowest BCUT2D eigenvalue weighted by molar-refractivity contribution is -0.117. The molecule has 5 rings (SSSR count). The number of rotatable bonds is 6. The van der Waals surface area contributed by atoms with Gasteiger partial charge < -0.3 is 4.74 Å². The molecule has 0 bridgehead atoms. The summed E-state index contributed by atoms with van der Waals surface area (Å²) in [5, 5.41) is 7.22. The van der Waals surface area contributed by atoms with E-state index < -0.39 is 0 Å². The molecular formula is C25H32N4O2. The molecule has 1 N–H and O–H groups in total. The summed E-state index contributed by atoms with van der Waals surface area (Å²) in [5.74, 6) is 2.11. The Morgan fingerprint density at radius 2 is 1.81 bits per heavy atom. The third-order valence-electron chi connectivity index (χ3n) is 5.92. The van der Waals surface area contributed by atoms with Gasteiger partial charge in [0.2, 0.25) is 11.9 Å². The van der Waals surface area contributed by atoms with E-state index in [1.807, 2.05) is 44.3 Å². The summed E-state index contributed by atoms with van der Waals surface area (Å²) in [6.07, 6.45) is 10.4. The molecule has 0 radical (unpaired) electrons. The van der Waals surface area contributed by atoms with Crippen LogP contribution in [0.15, 0.2) is 42.6 Å². The van der Waals surface area contributed by atoms with Crippen LogP contribution >= 0.6 is 0 Å². The fraction of sp³-hybridized carbons (Fsp3) is 0.480. The first-order valence-electron chi connectivity index (χ1n) is 11.7. The lowest BCUT2D eigenvalue weighted by Crippen LogP contribution is -2.15. The molecule has 3 aromatic rings. The molecule has 2 aliphatic carbocycles. The molecule has 31 heavy (non-hydrogen) atoms. The van der Waals surface area contributed by atoms with E-state index in [-0.39, 0.29) is 11.8 Å². The van der Waals surface area contributed by atoms with Crippen molar-refractivity contribution in [2.24, 2.45) is 11.8 Å². The standard InChI is InChI=1S/C23H26N4O2.C2H6/c28-22(18-8-9-18)25-23-24-21-20(7-4-14-27(21)26-23)17-10-12-19(13-11-17)29-15-16-5-2-1-3-6-16;1-2/h4,7,10-14,16,18H,1-3,5-6,8-9,15H2,(H,25,26,28);1-2H3. The Kier molecular flexibility index (Phi) is 6.85. The minimum atomic E-state index is 0.0157. The van der Waals surface area contributed by atoms with Crippen LogP contribution < -0.4 is 10.1 Å². The summed E-state index contributed by atoms with van der Waals surface area (Å²) in [6.45, 7) is 4.81. The van der Waals surface area contributed by atoms with Gasteiger partial charge in [0.05, 0.1) is 6.61 Å². The highest BCUT2D eigenvalue weighted by Crippen LogP contribution is 2.31. The van der Waals surface area contributed by atoms with Crippen molar-refractivity contribution in [3.63, 3.8) is 0 Å². The average Bonchev–Trinajstić information content (AvgIpc) is 3.60. The highest BCUT2D eigenvalue weighted by molar-refractivity contribution is 5.93. The van der Waals surface area contributed by atoms with Crippen molar-refractivity contribution in [1.29, 1.82) is 0 Å². The molecule has 0 saturated heterocycles. The van der Waals surface area contributed by atoms with Crippen LogP contribution in [0.1, 0.15) is 58.8 Å². The first-order chi connectivity index (χ1) is 15.3. The topological polar surface area (TPSA) is 68.5 Å². The van der Waals surface area contributed by atoms with Crippen LogP contribution in [0.3, 0.4) is 0 Å². The van der Waals surface area contributed by atoms with E-state index in [2.05, 4.69) is 27.5 Å². The van der Waals surface area contributed by atoms with Crippen LogP contribution in [0.2, 0.25) is 0 Å². The molecule has 2 aliphatic rings. The smallest absolute Gasteiger partial charge is 0.249 e. The van der Waals surface area contributed by atoms with Gasteiger partial charge in [-0.15, -0.1) is 5.10 Å². The first kappa shape index (κ1) is 21.3. The Labute approximate surface area is 184 Å². The van der Waals surface area contributed by atoms with Crippen molar-refractivity contribution >= 4 is 17.5 Å². The van der Waals surface area contributed by atoms with Crippen LogP contribution in [0.4, 0.5) is 5.95 Å². The third-order valence-corrected chi connectivity index (χ3v) is 5.92. The van der Waals surface area contributed by atoms with E-state index in [0.717, 1.165) is 42.0 Å². The van der Waals surface area contributed by atoms with E-state index in [0.29, 0.717) is 11.9 Å². The summed E-state index contributed by atoms with van der Waals surface area (Å²) in [4.78, 5) is 16.6. The van der Waals surface area contributed by atoms with Gasteiger partial charge in [-0.25, -0.2) is 4.52 Å². The van der Waals surface area contributed by atoms with Gasteiger partial charge in [-0.05, 0) is 61.4 Å². The van der Waals surface area contributed by atoms with Crippen LogP contribution in [0.25, 0.3) is 16.8 Å². The predicted molar refractivity (Wildman–Crippen MR) is 123 cm³/mol. The number of benzene rings is 1. The van der Waals surface area contributed by atoms with Crippen molar-refractivity contribution in [1.82, 2.24) is 14.6 Å². The molecule has 2 saturated carbocycles. The maximum absolute atomic E-state index is 12.0. The van der Waals surface area contributed by atoms with Gasteiger partial charge in [0.25, 0.3) is 0 Å². The number of carbonyl (C=O) groups excluding carboxylic acids is 1. The van der Waals surface area contributed by atoms with Gasteiger partial charge in [-0.3, -0.25) is 10.1 Å². The number of anilines is 1. The van der Waals surface area contributed by atoms with E-state index in [9.17, 15) is 4.79 Å². The van der Waals surface area contributed by atoms with Gasteiger partial charge in [0, 0.05) is 17.7 Å². The molecule has 2 fully saturated rings. The average molecular weight is 421 g/mol. The lowest BCUT2D eigenvalue weighted by Gasteiger charge is -2.21. The Morgan fingerprint density at radius 3 is 2.52 bits per heavy atom. The lowest BCUT2D eigenvalue weighted by atomic mass is 9.90. The second kappa shape index (κ2) is 9.94. The van der Waals surface area contributed by atoms with E-state index in [4.69, 9.17) is 4.74 Å². The number of hydrogen-bond donors (Lipinski definition) is 1. The quantitative estimate of drug-likeness (QED) is 0.553. The second-order valence-electron chi connectivity index (χ2n) is 8.23. The van der Waals surface area contributed by atoms with Gasteiger partial charge in [0.15, 0.2) is 5.65 Å². The second-order valence-corrected chi connectivity index (χ2v) is 8.23. The molecule has 164 valence electrons. The van der Waals surface area contributed by atoms with Crippen LogP contribution in [-0.2, 0) is 4.79 Å². The van der Waals surface area contributed by atoms with Gasteiger partial charge in [0.1, 0.15) is 5.75 Å². The number of hydrogen-bond acceptors (Lipinski definition) is 4. The Bertz CT molecular complexity index is 1000. The maximum atomic E-state index is 12.0. The van der Waals surface area contributed by atoms with Crippen LogP contribution in [-0.4, -0.2) is 27.1 Å². The molecule has 1 amide bonds. The summed E-state index contributed by atoms with van der Waals surface area (Å²) < 4.78 is 7.73. The Morgan fingerprint density at radius 1 is 1.06 bits per heavy atom. The largest absolute Gasteiger partial charge is 0.493 e. The number of fused-ring (bicyclic) bond motifs is 1. The van der Waals surface area contributed by atoms with Crippen LogP contribution in [0, 0.1) is 11.8 Å². The zero-order valence-corrected chi connectivity index (χ0v) is 18.5. The molecule has 2 heterocycles. The molecule has 0 aliphatic heterocycles. The summed E-state index contributed by atoms with van der Waals surface area (Å²) in [7, 11) is 0. The Hall–Kier alpha value is -2.89. The molecule has 6 heteroatoms. The molecule has 1 aromatic carbocycles. The van der Waals surface area contributed by atoms with Crippen molar-refractivity contribution < 1.29 is 9.53 Å². The molecule has 0 unspecified atom stereocenters. The molecule has 0 spiro atoms. The minimum Gasteiger partial charge on any atom is -0.493 e. The highest BCUT2D eigenvalue weighted by Gasteiger charge is 2.30. The SMILES string of the molecule is CC.O=C(Nc1nc2c(-c3ccc(OCC4CCCCC4)cc3)cccn2n1)C1CC1. The monoisotopic (exact) mass is 420 g/mol. The summed E-state index contributed by atoms with van der Waals surface area (Å²) >= 11 is 0. The zero-order chi connectivity index (χ0) is 21.6. The number of ether oxygens (including phenoxy) is 1. The fourth-order valence-corrected chi connectivity index (χ4v) is 4.04. The Balaban J connectivity index is 0.00000112. The number of pyridine rings is 1. The van der Waals surface area contributed by atoms with Crippen LogP contribution in [0.5, 0.6) is 5.75 Å². The summed E-state index contributed by atoms with van der Waals surface area (Å²) in [5.41, 5.74) is 2.76. The van der Waals surface area contributed by atoms with E-state index in [1.54, 1.807) is 4.52 Å².